The molecule has 3 nitrogen and oxygen atoms in total. The van der Waals surface area contributed by atoms with Crippen LogP contribution < -0.4 is 0 Å². The molecule has 7 aromatic carbocycles. The molecule has 10 aromatic rings. The van der Waals surface area contributed by atoms with E-state index in [9.17, 15) is 5.48 Å². The van der Waals surface area contributed by atoms with Gasteiger partial charge in [0.25, 0.3) is 0 Å². The number of nitrogens with zero attached hydrogens (tertiary/aromatic N) is 3. The number of rotatable bonds is 5. The molecule has 0 saturated heterocycles. The quantitative estimate of drug-likeness (QED) is 0.183. The Balaban J connectivity index is 1.35. The zero-order valence-corrected chi connectivity index (χ0v) is 26.9. The molecule has 0 radical (unpaired) electrons. The number of aromatic nitrogens is 3. The number of hydrogen-bond donors (Lipinski definition) is 0. The van der Waals surface area contributed by atoms with Crippen LogP contribution in [0.3, 0.4) is 0 Å². The summed E-state index contributed by atoms with van der Waals surface area (Å²) in [6, 6.07) is 25.6. The van der Waals surface area contributed by atoms with Gasteiger partial charge in [0.05, 0.1) is 38.9 Å². The molecule has 0 unspecified atom stereocenters. The summed E-state index contributed by atoms with van der Waals surface area (Å²) in [5.41, 5.74) is 2.66. The molecule has 3 heterocycles. The standard InChI is InChI=1S/C46H29N3S/c1-3-13-30(14-4-1)31-15-11-16-32(27-31)39-29-40(48-46(47-39)33-25-26-36-35-19-8-10-24-43(35)50-44(36)28-33)37-21-12-23-42-45(37)38-20-7-9-22-41(38)49(42)34-17-5-2-6-18-34/h1-29H/i2D,5D,6D,7D,9D,12D,17D,18D,20D,21D,22D,23D. The van der Waals surface area contributed by atoms with E-state index in [1.807, 2.05) is 84.9 Å². The van der Waals surface area contributed by atoms with Crippen molar-refractivity contribution in [3.8, 4) is 50.7 Å². The minimum absolute atomic E-state index is 0.0609. The highest BCUT2D eigenvalue weighted by atomic mass is 32.1. The summed E-state index contributed by atoms with van der Waals surface area (Å²) in [7, 11) is 0. The Labute approximate surface area is 310 Å². The highest BCUT2D eigenvalue weighted by Crippen LogP contribution is 2.40. The van der Waals surface area contributed by atoms with Crippen LogP contribution in [-0.2, 0) is 0 Å². The van der Waals surface area contributed by atoms with Crippen LogP contribution in [-0.4, -0.2) is 14.5 Å². The van der Waals surface area contributed by atoms with Gasteiger partial charge in [0.2, 0.25) is 0 Å². The van der Waals surface area contributed by atoms with Crippen LogP contribution in [0, 0.1) is 0 Å². The highest BCUT2D eigenvalue weighted by molar-refractivity contribution is 7.25. The predicted molar refractivity (Wildman–Crippen MR) is 211 cm³/mol. The third-order valence-corrected chi connectivity index (χ3v) is 9.95. The molecule has 234 valence electrons. The number of thiophene rings is 1. The van der Waals surface area contributed by atoms with Crippen molar-refractivity contribution in [3.05, 3.63) is 176 Å². The second-order valence-corrected chi connectivity index (χ2v) is 12.8. The monoisotopic (exact) mass is 667 g/mol. The van der Waals surface area contributed by atoms with E-state index < -0.39 is 78.2 Å². The van der Waals surface area contributed by atoms with Crippen molar-refractivity contribution in [2.75, 3.05) is 0 Å². The zero-order valence-electron chi connectivity index (χ0n) is 38.1. The highest BCUT2D eigenvalue weighted by Gasteiger charge is 2.19. The molecule has 3 aromatic heterocycles. The second-order valence-electron chi connectivity index (χ2n) is 11.7. The maximum absolute atomic E-state index is 9.49. The first-order chi connectivity index (χ1) is 29.8. The fraction of sp³-hybridized carbons (Fsp3) is 0. The Kier molecular flexibility index (Phi) is 4.43. The van der Waals surface area contributed by atoms with Crippen LogP contribution in [0.15, 0.2) is 176 Å². The van der Waals surface area contributed by atoms with Gasteiger partial charge in [-0.15, -0.1) is 11.3 Å². The van der Waals surface area contributed by atoms with Gasteiger partial charge in [-0.1, -0.05) is 127 Å². The Morgan fingerprint density at radius 1 is 0.480 bits per heavy atom. The number of para-hydroxylation sites is 2. The summed E-state index contributed by atoms with van der Waals surface area (Å²) >= 11 is 1.62. The summed E-state index contributed by atoms with van der Waals surface area (Å²) < 4.78 is 110. The molecular weight excluding hydrogens is 627 g/mol. The SMILES string of the molecule is [2H]c1c([2H])c([2H])c(-n2c3c([2H])c([2H])c([2H])c([2H])c3c3c(-c4cc(-c5cccc(-c6ccccc6)c5)nc(-c5ccc6c(c5)sc5ccccc56)n4)c([2H])c([2H])c([2H])c32)c([2H])c1[2H]. The fourth-order valence-electron chi connectivity index (χ4n) is 6.55. The van der Waals surface area contributed by atoms with Gasteiger partial charge >= 0.3 is 0 Å². The number of hydrogen-bond acceptors (Lipinski definition) is 3. The second kappa shape index (κ2) is 11.7. The van der Waals surface area contributed by atoms with E-state index in [1.54, 1.807) is 17.4 Å². The Bertz CT molecular complexity index is 3540. The summed E-state index contributed by atoms with van der Waals surface area (Å²) in [4.78, 5) is 10.1. The van der Waals surface area contributed by atoms with Crippen molar-refractivity contribution >= 4 is 53.3 Å². The van der Waals surface area contributed by atoms with Gasteiger partial charge < -0.3 is 4.57 Å². The van der Waals surface area contributed by atoms with Crippen LogP contribution in [0.4, 0.5) is 0 Å². The first-order valence-corrected chi connectivity index (χ1v) is 16.7. The van der Waals surface area contributed by atoms with Gasteiger partial charge in [-0.2, -0.15) is 0 Å². The molecule has 0 fully saturated rings. The van der Waals surface area contributed by atoms with Crippen LogP contribution in [0.2, 0.25) is 0 Å². The van der Waals surface area contributed by atoms with Gasteiger partial charge in [0.15, 0.2) is 5.82 Å². The van der Waals surface area contributed by atoms with E-state index in [-0.39, 0.29) is 38.9 Å². The Morgan fingerprint density at radius 3 is 2.14 bits per heavy atom. The van der Waals surface area contributed by atoms with E-state index in [0.717, 1.165) is 35.9 Å². The lowest BCUT2D eigenvalue weighted by atomic mass is 9.99. The van der Waals surface area contributed by atoms with E-state index in [1.165, 1.54) is 0 Å². The molecule has 0 atom stereocenters. The maximum Gasteiger partial charge on any atom is 0.160 e. The molecule has 0 bridgehead atoms. The summed E-state index contributed by atoms with van der Waals surface area (Å²) in [6.45, 7) is 0. The molecule has 0 N–H and O–H groups in total. The molecule has 4 heteroatoms. The molecule has 10 rings (SSSR count). The van der Waals surface area contributed by atoms with Crippen LogP contribution >= 0.6 is 11.3 Å². The Hall–Kier alpha value is -6.36. The lowest BCUT2D eigenvalue weighted by Crippen LogP contribution is -1.97. The average molecular weight is 668 g/mol. The summed E-state index contributed by atoms with van der Waals surface area (Å²) in [6.07, 6.45) is 0. The Morgan fingerprint density at radius 2 is 1.22 bits per heavy atom. The van der Waals surface area contributed by atoms with Crippen molar-refractivity contribution in [3.63, 3.8) is 0 Å². The summed E-state index contributed by atoms with van der Waals surface area (Å²) in [5.74, 6) is 0.257. The van der Waals surface area contributed by atoms with Gasteiger partial charge in [-0.25, -0.2) is 9.97 Å². The molecular formula is C46H29N3S. The van der Waals surface area contributed by atoms with Gasteiger partial charge in [-0.3, -0.25) is 0 Å². The van der Waals surface area contributed by atoms with Crippen molar-refractivity contribution in [1.82, 2.24) is 14.5 Å². The van der Waals surface area contributed by atoms with Crippen LogP contribution in [0.5, 0.6) is 0 Å². The molecule has 0 saturated carbocycles. The minimum Gasteiger partial charge on any atom is -0.309 e. The van der Waals surface area contributed by atoms with Gasteiger partial charge in [0.1, 0.15) is 0 Å². The minimum atomic E-state index is -0.703. The van der Waals surface area contributed by atoms with Crippen LogP contribution in [0.25, 0.3) is 92.7 Å². The van der Waals surface area contributed by atoms with E-state index in [0.29, 0.717) is 16.8 Å². The zero-order chi connectivity index (χ0) is 43.5. The predicted octanol–water partition coefficient (Wildman–Crippen LogP) is 12.6. The maximum atomic E-state index is 9.49. The summed E-state index contributed by atoms with van der Waals surface area (Å²) in [5, 5.41) is 1.91. The van der Waals surface area contributed by atoms with Crippen molar-refractivity contribution in [1.29, 1.82) is 0 Å². The molecule has 0 aliphatic heterocycles. The molecule has 0 aliphatic carbocycles. The normalized spacial score (nSPS) is 15.0. The molecule has 50 heavy (non-hydrogen) atoms. The smallest absolute Gasteiger partial charge is 0.160 e. The van der Waals surface area contributed by atoms with Crippen molar-refractivity contribution in [2.45, 2.75) is 0 Å². The average Bonchev–Trinajstić information content (AvgIpc) is 3.84. The largest absolute Gasteiger partial charge is 0.309 e. The molecule has 0 spiro atoms. The van der Waals surface area contributed by atoms with E-state index in [2.05, 4.69) is 12.1 Å². The number of benzene rings is 7. The fourth-order valence-corrected chi connectivity index (χ4v) is 7.70. The lowest BCUT2D eigenvalue weighted by Gasteiger charge is -2.12. The first-order valence-electron chi connectivity index (χ1n) is 21.8. The number of fused-ring (bicyclic) bond motifs is 6. The van der Waals surface area contributed by atoms with Gasteiger partial charge in [-0.05, 0) is 59.6 Å². The van der Waals surface area contributed by atoms with Crippen LogP contribution in [0.1, 0.15) is 16.4 Å². The third-order valence-electron chi connectivity index (χ3n) is 8.82. The first kappa shape index (κ1) is 19.0. The topological polar surface area (TPSA) is 30.7 Å². The molecule has 0 amide bonds. The third kappa shape index (κ3) is 4.73. The van der Waals surface area contributed by atoms with Crippen molar-refractivity contribution in [2.24, 2.45) is 0 Å². The van der Waals surface area contributed by atoms with Crippen molar-refractivity contribution < 1.29 is 16.4 Å². The lowest BCUT2D eigenvalue weighted by molar-refractivity contribution is 1.18. The van der Waals surface area contributed by atoms with Gasteiger partial charge in [0, 0.05) is 53.3 Å². The van der Waals surface area contributed by atoms with E-state index >= 15 is 0 Å². The molecule has 0 aliphatic rings. The van der Waals surface area contributed by atoms with E-state index in [4.69, 9.17) is 20.9 Å².